The van der Waals surface area contributed by atoms with Crippen molar-refractivity contribution in [1.82, 2.24) is 5.32 Å². The number of carbonyl (C=O) groups excluding carboxylic acids is 4. The van der Waals surface area contributed by atoms with Crippen molar-refractivity contribution in [3.05, 3.63) is 23.3 Å². The second kappa shape index (κ2) is 11.8. The van der Waals surface area contributed by atoms with Crippen molar-refractivity contribution < 1.29 is 34.1 Å². The molecule has 0 unspecified atom stereocenters. The maximum absolute atomic E-state index is 13.4. The van der Waals surface area contributed by atoms with Crippen molar-refractivity contribution in [3.63, 3.8) is 0 Å². The molecule has 5 aliphatic carbocycles. The zero-order valence-corrected chi connectivity index (χ0v) is 24.7. The van der Waals surface area contributed by atoms with E-state index in [9.17, 15) is 29.4 Å². The molecule has 0 aromatic rings. The van der Waals surface area contributed by atoms with Crippen LogP contribution in [0.5, 0.6) is 0 Å². The highest BCUT2D eigenvalue weighted by molar-refractivity contribution is 5.92. The molecular weight excluding hydrogens is 522 g/mol. The third kappa shape index (κ3) is 5.58. The average Bonchev–Trinajstić information content (AvgIpc) is 3.22. The monoisotopic (exact) mass is 569 g/mol. The molecule has 41 heavy (non-hydrogen) atoms. The molecule has 3 fully saturated rings. The van der Waals surface area contributed by atoms with E-state index in [1.807, 2.05) is 6.92 Å². The third-order valence-corrected chi connectivity index (χ3v) is 11.6. The molecule has 5 rings (SSSR count). The van der Waals surface area contributed by atoms with Gasteiger partial charge in [-0.2, -0.15) is 0 Å². The van der Waals surface area contributed by atoms with Crippen LogP contribution in [0.2, 0.25) is 0 Å². The average molecular weight is 570 g/mol. The summed E-state index contributed by atoms with van der Waals surface area (Å²) in [4.78, 5) is 50.1. The number of amides is 1. The number of hydrogen-bond acceptors (Lipinski definition) is 7. The van der Waals surface area contributed by atoms with Gasteiger partial charge in [0.05, 0.1) is 12.5 Å². The number of fused-ring (bicyclic) bond motifs is 5. The van der Waals surface area contributed by atoms with Crippen LogP contribution in [-0.2, 0) is 23.9 Å². The first kappa shape index (κ1) is 30.1. The Morgan fingerprint density at radius 2 is 1.88 bits per heavy atom. The van der Waals surface area contributed by atoms with Gasteiger partial charge in [-0.1, -0.05) is 31.1 Å². The van der Waals surface area contributed by atoms with Crippen molar-refractivity contribution in [3.8, 4) is 0 Å². The largest absolute Gasteiger partial charge is 0.458 e. The molecule has 0 heterocycles. The molecule has 0 spiro atoms. The zero-order valence-electron chi connectivity index (χ0n) is 24.7. The van der Waals surface area contributed by atoms with Gasteiger partial charge in [0.25, 0.3) is 0 Å². The first-order chi connectivity index (χ1) is 19.5. The second-order valence-corrected chi connectivity index (χ2v) is 13.8. The minimum atomic E-state index is -1.69. The number of carbonyl (C=O) groups is 4. The molecular formula is C33H47NO7. The topological polar surface area (TPSA) is 130 Å². The Kier molecular flexibility index (Phi) is 8.64. The molecule has 3 N–H and O–H groups in total. The fourth-order valence-corrected chi connectivity index (χ4v) is 9.29. The predicted molar refractivity (Wildman–Crippen MR) is 152 cm³/mol. The fourth-order valence-electron chi connectivity index (χ4n) is 9.29. The maximum atomic E-state index is 13.4. The summed E-state index contributed by atoms with van der Waals surface area (Å²) in [5.74, 6) is -1.02. The Labute approximate surface area is 243 Å². The van der Waals surface area contributed by atoms with Crippen molar-refractivity contribution in [2.24, 2.45) is 28.6 Å². The van der Waals surface area contributed by atoms with E-state index in [1.54, 1.807) is 6.08 Å². The molecule has 0 aliphatic heterocycles. The quantitative estimate of drug-likeness (QED) is 0.281. The SMILES string of the molecule is C[C@]12CCC(=O)C=C1CC[C@@H]1[C@@H]2[C@H](O)C[C@@]2(C)[C@H]1CC[C@]2(O)C(=O)COC(=O)CCC(=O)NCCC1=CCCCC1. The number of nitrogens with one attached hydrogen (secondary N) is 1. The maximum Gasteiger partial charge on any atom is 0.306 e. The molecule has 3 saturated carbocycles. The van der Waals surface area contributed by atoms with Gasteiger partial charge in [-0.05, 0) is 99.9 Å². The highest BCUT2D eigenvalue weighted by Crippen LogP contribution is 2.67. The summed E-state index contributed by atoms with van der Waals surface area (Å²) in [6.45, 7) is 4.10. The zero-order chi connectivity index (χ0) is 29.4. The normalized spacial score (nSPS) is 38.1. The van der Waals surface area contributed by atoms with Crippen molar-refractivity contribution >= 4 is 23.4 Å². The molecule has 8 heteroatoms. The van der Waals surface area contributed by atoms with Crippen LogP contribution in [-0.4, -0.2) is 58.5 Å². The van der Waals surface area contributed by atoms with E-state index < -0.39 is 35.5 Å². The van der Waals surface area contributed by atoms with Crippen LogP contribution in [0.25, 0.3) is 0 Å². The minimum Gasteiger partial charge on any atom is -0.458 e. The molecule has 5 aliphatic rings. The summed E-state index contributed by atoms with van der Waals surface area (Å²) < 4.78 is 5.25. The third-order valence-electron chi connectivity index (χ3n) is 11.6. The Hall–Kier alpha value is -2.32. The standard InChI is InChI=1S/C33H47NO7/c1-31-15-12-23(35)18-22(31)8-9-24-25-13-16-33(40,32(25,2)19-26(36)30(24)31)27(37)20-41-29(39)11-10-28(38)34-17-14-21-6-4-3-5-7-21/h6,18,24-26,30,36,40H,3-5,7-17,19-20H2,1-2H3,(H,34,38)/t24-,25-,26+,30+,31-,32-,33-/m0/s1. The Bertz CT molecular complexity index is 1140. The van der Waals surface area contributed by atoms with Gasteiger partial charge in [-0.25, -0.2) is 0 Å². The van der Waals surface area contributed by atoms with E-state index in [0.717, 1.165) is 44.1 Å². The Morgan fingerprint density at radius 1 is 1.07 bits per heavy atom. The Balaban J connectivity index is 1.14. The van der Waals surface area contributed by atoms with E-state index in [4.69, 9.17) is 4.74 Å². The molecule has 7 atom stereocenters. The van der Waals surface area contributed by atoms with Gasteiger partial charge < -0.3 is 20.3 Å². The number of ketones is 2. The first-order valence-electron chi connectivity index (χ1n) is 15.8. The van der Waals surface area contributed by atoms with Gasteiger partial charge in [0, 0.05) is 24.8 Å². The van der Waals surface area contributed by atoms with Gasteiger partial charge in [0.1, 0.15) is 5.60 Å². The predicted octanol–water partition coefficient (Wildman–Crippen LogP) is 4.12. The highest BCUT2D eigenvalue weighted by Gasteiger charge is 2.68. The molecule has 0 saturated heterocycles. The molecule has 226 valence electrons. The molecule has 0 aromatic heterocycles. The smallest absolute Gasteiger partial charge is 0.306 e. The van der Waals surface area contributed by atoms with Crippen LogP contribution in [0, 0.1) is 28.6 Å². The summed E-state index contributed by atoms with van der Waals surface area (Å²) in [5, 5.41) is 26.2. The minimum absolute atomic E-state index is 0.00510. The van der Waals surface area contributed by atoms with Crippen molar-refractivity contribution in [2.75, 3.05) is 13.2 Å². The van der Waals surface area contributed by atoms with E-state index in [1.165, 1.54) is 18.4 Å². The number of esters is 1. The van der Waals surface area contributed by atoms with Crippen molar-refractivity contribution in [1.29, 1.82) is 0 Å². The van der Waals surface area contributed by atoms with Crippen LogP contribution in [0.15, 0.2) is 23.3 Å². The van der Waals surface area contributed by atoms with Gasteiger partial charge in [-0.3, -0.25) is 19.2 Å². The second-order valence-electron chi connectivity index (χ2n) is 13.8. The highest BCUT2D eigenvalue weighted by atomic mass is 16.5. The van der Waals surface area contributed by atoms with E-state index in [0.29, 0.717) is 25.8 Å². The number of rotatable bonds is 9. The van der Waals surface area contributed by atoms with Gasteiger partial charge >= 0.3 is 5.97 Å². The van der Waals surface area contributed by atoms with Crippen molar-refractivity contribution in [2.45, 2.75) is 115 Å². The molecule has 0 aromatic carbocycles. The summed E-state index contributed by atoms with van der Waals surface area (Å²) in [5.41, 5.74) is -0.233. The number of allylic oxidation sites excluding steroid dienone is 2. The fraction of sp³-hybridized carbons (Fsp3) is 0.758. The lowest BCUT2D eigenvalue weighted by Gasteiger charge is -2.60. The van der Waals surface area contributed by atoms with Gasteiger partial charge in [0.2, 0.25) is 11.7 Å². The van der Waals surface area contributed by atoms with Crippen LogP contribution >= 0.6 is 0 Å². The van der Waals surface area contributed by atoms with Crippen LogP contribution < -0.4 is 5.32 Å². The number of aliphatic hydroxyl groups excluding tert-OH is 1. The summed E-state index contributed by atoms with van der Waals surface area (Å²) >= 11 is 0. The molecule has 8 nitrogen and oxygen atoms in total. The summed E-state index contributed by atoms with van der Waals surface area (Å²) in [6, 6.07) is 0. The van der Waals surface area contributed by atoms with Crippen LogP contribution in [0.4, 0.5) is 0 Å². The van der Waals surface area contributed by atoms with E-state index in [2.05, 4.69) is 18.3 Å². The lowest BCUT2D eigenvalue weighted by Crippen LogP contribution is -2.62. The van der Waals surface area contributed by atoms with E-state index in [-0.39, 0.29) is 54.1 Å². The van der Waals surface area contributed by atoms with Gasteiger partial charge in [-0.15, -0.1) is 0 Å². The molecule has 0 bridgehead atoms. The molecule has 0 radical (unpaired) electrons. The first-order valence-corrected chi connectivity index (χ1v) is 15.8. The lowest BCUT2D eigenvalue weighted by atomic mass is 9.45. The van der Waals surface area contributed by atoms with E-state index >= 15 is 0 Å². The number of Topliss-reactive ketones (excluding diaryl/α,β-unsaturated/α-hetero) is 1. The van der Waals surface area contributed by atoms with Crippen LogP contribution in [0.1, 0.15) is 104 Å². The molecule has 1 amide bonds. The summed E-state index contributed by atoms with van der Waals surface area (Å²) in [7, 11) is 0. The number of aliphatic hydroxyl groups is 2. The van der Waals surface area contributed by atoms with Crippen LogP contribution in [0.3, 0.4) is 0 Å². The number of ether oxygens (including phenoxy) is 1. The summed E-state index contributed by atoms with van der Waals surface area (Å²) in [6.07, 6.45) is 12.7. The van der Waals surface area contributed by atoms with Gasteiger partial charge in [0.15, 0.2) is 12.4 Å². The lowest BCUT2D eigenvalue weighted by molar-refractivity contribution is -0.184. The number of hydrogen-bond donors (Lipinski definition) is 3. The Morgan fingerprint density at radius 3 is 2.63 bits per heavy atom.